The van der Waals surface area contributed by atoms with Gasteiger partial charge in [0, 0.05) is 40.3 Å². The van der Waals surface area contributed by atoms with E-state index in [2.05, 4.69) is 5.10 Å². The van der Waals surface area contributed by atoms with Crippen molar-refractivity contribution >= 4 is 22.3 Å². The van der Waals surface area contributed by atoms with Gasteiger partial charge in [0.2, 0.25) is 5.78 Å². The number of ether oxygens (including phenoxy) is 1. The maximum atomic E-state index is 13.6. The molecule has 0 amide bonds. The topological polar surface area (TPSA) is 159 Å². The van der Waals surface area contributed by atoms with E-state index in [0.29, 0.717) is 29.4 Å². The highest BCUT2D eigenvalue weighted by molar-refractivity contribution is 6.32. The maximum absolute atomic E-state index is 13.6. The van der Waals surface area contributed by atoms with Crippen LogP contribution >= 0.6 is 0 Å². The van der Waals surface area contributed by atoms with Crippen LogP contribution in [0.4, 0.5) is 0 Å². The van der Waals surface area contributed by atoms with Gasteiger partial charge in [-0.15, -0.1) is 0 Å². The lowest BCUT2D eigenvalue weighted by Crippen LogP contribution is -2.24. The standard InChI is InChI=1S/C27H20N2O8/c1-9-14(30)7-13-18(21(9)31)25(35)20-19(22(13)32)24(34)17-12(26(20)37-3)5-4-10-6-11-8-28-29(2)27(36)16(11)23(33)15(10)17/h6-8,30-31,33-34H,4-5H2,1-3H3. The van der Waals surface area contributed by atoms with Crippen molar-refractivity contribution < 1.29 is 34.8 Å². The number of carbonyl (C=O) groups excluding carboxylic acids is 2. The normalized spacial score (nSPS) is 13.7. The summed E-state index contributed by atoms with van der Waals surface area (Å²) in [7, 11) is 2.76. The Bertz CT molecular complexity index is 1830. The Hall–Kier alpha value is -4.86. The highest BCUT2D eigenvalue weighted by Crippen LogP contribution is 2.54. The van der Waals surface area contributed by atoms with Crippen molar-refractivity contribution in [1.82, 2.24) is 9.78 Å². The molecule has 1 aromatic heterocycles. The fourth-order valence-electron chi connectivity index (χ4n) is 5.53. The summed E-state index contributed by atoms with van der Waals surface area (Å²) in [4.78, 5) is 40.1. The molecule has 4 N–H and O–H groups in total. The number of ketones is 2. The zero-order chi connectivity index (χ0) is 26.5. The lowest BCUT2D eigenvalue weighted by molar-refractivity contribution is 0.0971. The average molecular weight is 500 g/mol. The molecule has 3 aromatic carbocycles. The number of phenolic OH excluding ortho intramolecular Hbond substituents is 4. The number of aromatic nitrogens is 2. The Morgan fingerprint density at radius 1 is 0.865 bits per heavy atom. The minimum absolute atomic E-state index is 0.00161. The van der Waals surface area contributed by atoms with Gasteiger partial charge in [-0.05, 0) is 37.5 Å². The molecule has 4 aromatic rings. The van der Waals surface area contributed by atoms with Crippen LogP contribution in [0.25, 0.3) is 21.9 Å². The Balaban J connectivity index is 1.75. The van der Waals surface area contributed by atoms with Crippen LogP contribution in [0, 0.1) is 6.92 Å². The van der Waals surface area contributed by atoms with Crippen molar-refractivity contribution in [2.75, 3.05) is 7.11 Å². The van der Waals surface area contributed by atoms with E-state index in [9.17, 15) is 34.8 Å². The number of nitrogens with zero attached hydrogens (tertiary/aromatic N) is 2. The molecule has 0 radical (unpaired) electrons. The van der Waals surface area contributed by atoms with Crippen molar-refractivity contribution in [1.29, 1.82) is 0 Å². The van der Waals surface area contributed by atoms with Gasteiger partial charge in [-0.25, -0.2) is 4.68 Å². The third-order valence-electron chi connectivity index (χ3n) is 7.37. The van der Waals surface area contributed by atoms with E-state index in [1.54, 1.807) is 6.07 Å². The summed E-state index contributed by atoms with van der Waals surface area (Å²) in [6.07, 6.45) is 2.14. The van der Waals surface area contributed by atoms with Crippen LogP contribution in [0.1, 0.15) is 48.5 Å². The second-order valence-corrected chi connectivity index (χ2v) is 9.23. The summed E-state index contributed by atoms with van der Waals surface area (Å²) in [5.74, 6) is -3.37. The van der Waals surface area contributed by atoms with E-state index in [4.69, 9.17) is 4.74 Å². The van der Waals surface area contributed by atoms with E-state index in [1.165, 1.54) is 27.3 Å². The van der Waals surface area contributed by atoms with E-state index < -0.39 is 28.6 Å². The SMILES string of the molecule is COc1c2c(c(O)c3c1C(=O)c1c(cc(O)c(C)c1O)C3=O)-c1c(cc3cnn(C)c(=O)c3c1O)CC2. The molecule has 2 aliphatic carbocycles. The Kier molecular flexibility index (Phi) is 4.47. The molecule has 0 atom stereocenters. The predicted octanol–water partition coefficient (Wildman–Crippen LogP) is 2.61. The van der Waals surface area contributed by atoms with Gasteiger partial charge in [-0.2, -0.15) is 5.10 Å². The zero-order valence-corrected chi connectivity index (χ0v) is 20.0. The summed E-state index contributed by atoms with van der Waals surface area (Å²) in [5.41, 5.74) is -0.400. The highest BCUT2D eigenvalue weighted by atomic mass is 16.5. The molecule has 0 aliphatic heterocycles. The van der Waals surface area contributed by atoms with E-state index in [1.807, 2.05) is 0 Å². The molecule has 0 spiro atoms. The van der Waals surface area contributed by atoms with Gasteiger partial charge in [0.1, 0.15) is 28.7 Å². The molecule has 0 fully saturated rings. The molecule has 2 aliphatic rings. The van der Waals surface area contributed by atoms with E-state index in [0.717, 1.165) is 10.7 Å². The first-order valence-electron chi connectivity index (χ1n) is 11.4. The van der Waals surface area contributed by atoms with Crippen LogP contribution in [0.2, 0.25) is 0 Å². The smallest absolute Gasteiger partial charge is 0.278 e. The molecular formula is C27H20N2O8. The van der Waals surface area contributed by atoms with Gasteiger partial charge in [0.05, 0.1) is 35.4 Å². The number of aromatic hydroxyl groups is 4. The molecular weight excluding hydrogens is 480 g/mol. The minimum Gasteiger partial charge on any atom is -0.508 e. The Morgan fingerprint density at radius 3 is 2.30 bits per heavy atom. The number of benzene rings is 3. The van der Waals surface area contributed by atoms with Crippen LogP contribution in [0.5, 0.6) is 28.7 Å². The van der Waals surface area contributed by atoms with Gasteiger partial charge < -0.3 is 25.2 Å². The number of hydrogen-bond acceptors (Lipinski definition) is 9. The lowest BCUT2D eigenvalue weighted by Gasteiger charge is -2.29. The number of rotatable bonds is 1. The molecule has 6 rings (SSSR count). The summed E-state index contributed by atoms with van der Waals surface area (Å²) in [6.45, 7) is 1.41. The molecule has 10 nitrogen and oxygen atoms in total. The molecule has 0 unspecified atom stereocenters. The third-order valence-corrected chi connectivity index (χ3v) is 7.37. The largest absolute Gasteiger partial charge is 0.508 e. The van der Waals surface area contributed by atoms with Gasteiger partial charge in [-0.3, -0.25) is 14.4 Å². The summed E-state index contributed by atoms with van der Waals surface area (Å²) in [6, 6.07) is 2.78. The molecule has 0 bridgehead atoms. The zero-order valence-electron chi connectivity index (χ0n) is 20.0. The van der Waals surface area contributed by atoms with Gasteiger partial charge >= 0.3 is 0 Å². The van der Waals surface area contributed by atoms with Crippen LogP contribution in [0.15, 0.2) is 23.1 Å². The number of aryl methyl sites for hydroxylation is 2. The second-order valence-electron chi connectivity index (χ2n) is 9.23. The maximum Gasteiger partial charge on any atom is 0.278 e. The summed E-state index contributed by atoms with van der Waals surface area (Å²) >= 11 is 0. The van der Waals surface area contributed by atoms with E-state index >= 15 is 0 Å². The number of hydrogen-bond donors (Lipinski definition) is 4. The van der Waals surface area contributed by atoms with Crippen LogP contribution in [0.3, 0.4) is 0 Å². The molecule has 37 heavy (non-hydrogen) atoms. The van der Waals surface area contributed by atoms with Crippen molar-refractivity contribution in [3.05, 3.63) is 67.6 Å². The molecule has 186 valence electrons. The highest BCUT2D eigenvalue weighted by Gasteiger charge is 2.42. The molecule has 1 heterocycles. The summed E-state index contributed by atoms with van der Waals surface area (Å²) in [5, 5.41) is 48.1. The first-order valence-corrected chi connectivity index (χ1v) is 11.4. The summed E-state index contributed by atoms with van der Waals surface area (Å²) < 4.78 is 6.68. The Labute approximate surface area is 208 Å². The monoisotopic (exact) mass is 500 g/mol. The number of methoxy groups -OCH3 is 1. The quantitative estimate of drug-likeness (QED) is 0.271. The minimum atomic E-state index is -0.804. The first-order chi connectivity index (χ1) is 17.6. The van der Waals surface area contributed by atoms with Gasteiger partial charge in [-0.1, -0.05) is 0 Å². The van der Waals surface area contributed by atoms with Crippen molar-refractivity contribution in [3.63, 3.8) is 0 Å². The van der Waals surface area contributed by atoms with Crippen molar-refractivity contribution in [3.8, 4) is 39.9 Å². The van der Waals surface area contributed by atoms with Crippen LogP contribution < -0.4 is 10.3 Å². The predicted molar refractivity (Wildman–Crippen MR) is 131 cm³/mol. The van der Waals surface area contributed by atoms with Gasteiger partial charge in [0.15, 0.2) is 5.78 Å². The van der Waals surface area contributed by atoms with Gasteiger partial charge in [0.25, 0.3) is 5.56 Å². The first kappa shape index (κ1) is 22.6. The fourth-order valence-corrected chi connectivity index (χ4v) is 5.53. The second kappa shape index (κ2) is 7.33. The average Bonchev–Trinajstić information content (AvgIpc) is 2.87. The third kappa shape index (κ3) is 2.69. The number of fused-ring (bicyclic) bond motifs is 6. The van der Waals surface area contributed by atoms with Crippen LogP contribution in [-0.4, -0.2) is 48.9 Å². The van der Waals surface area contributed by atoms with Crippen molar-refractivity contribution in [2.45, 2.75) is 19.8 Å². The Morgan fingerprint density at radius 2 is 1.59 bits per heavy atom. The molecule has 10 heteroatoms. The van der Waals surface area contributed by atoms with Crippen molar-refractivity contribution in [2.24, 2.45) is 7.05 Å². The number of carbonyl (C=O) groups is 2. The van der Waals surface area contributed by atoms with E-state index in [-0.39, 0.29) is 61.6 Å². The van der Waals surface area contributed by atoms with Crippen LogP contribution in [-0.2, 0) is 19.9 Å². The number of phenols is 4. The fraction of sp³-hybridized carbons (Fsp3) is 0.185. The molecule has 0 saturated heterocycles. The lowest BCUT2D eigenvalue weighted by atomic mass is 9.75. The molecule has 0 saturated carbocycles.